The van der Waals surface area contributed by atoms with E-state index in [1.807, 2.05) is 43.3 Å². The molecular formula is C17H15N3O2. The Labute approximate surface area is 128 Å². The number of nitrogens with one attached hydrogen (secondary N) is 1. The molecule has 0 unspecified atom stereocenters. The minimum Gasteiger partial charge on any atom is -0.352 e. The zero-order valence-corrected chi connectivity index (χ0v) is 12.1. The third-order valence-electron chi connectivity index (χ3n) is 3.17. The lowest BCUT2D eigenvalue weighted by atomic mass is 10.1. The Kier molecular flexibility index (Phi) is 3.96. The molecule has 1 aromatic heterocycles. The van der Waals surface area contributed by atoms with Gasteiger partial charge in [0.05, 0.1) is 0 Å². The molecule has 1 heterocycles. The van der Waals surface area contributed by atoms with Crippen molar-refractivity contribution in [2.75, 3.05) is 6.54 Å². The smallest absolute Gasteiger partial charge is 0.258 e. The quantitative estimate of drug-likeness (QED) is 0.802. The highest BCUT2D eigenvalue weighted by molar-refractivity contribution is 5.95. The fourth-order valence-corrected chi connectivity index (χ4v) is 2.10. The summed E-state index contributed by atoms with van der Waals surface area (Å²) in [6.07, 6.45) is 0. The van der Waals surface area contributed by atoms with Gasteiger partial charge in [-0.2, -0.15) is 4.98 Å². The molecule has 5 heteroatoms. The molecule has 1 amide bonds. The number of nitrogens with zero attached hydrogens (tertiary/aromatic N) is 2. The highest BCUT2D eigenvalue weighted by Gasteiger charge is 2.12. The summed E-state index contributed by atoms with van der Waals surface area (Å²) in [6.45, 7) is 2.47. The second kappa shape index (κ2) is 6.22. The number of benzene rings is 2. The van der Waals surface area contributed by atoms with Crippen LogP contribution in [0.15, 0.2) is 59.1 Å². The Morgan fingerprint density at radius 3 is 2.64 bits per heavy atom. The maximum Gasteiger partial charge on any atom is 0.258 e. The molecule has 0 fully saturated rings. The first-order chi connectivity index (χ1) is 10.8. The van der Waals surface area contributed by atoms with E-state index < -0.39 is 0 Å². The SMILES string of the molecule is CCNC(=O)c1cccc(-c2nc(-c3ccccc3)no2)c1. The molecule has 2 aromatic carbocycles. The molecule has 0 atom stereocenters. The molecule has 5 nitrogen and oxygen atoms in total. The average Bonchev–Trinajstić information content (AvgIpc) is 3.06. The van der Waals surface area contributed by atoms with Crippen LogP contribution in [-0.2, 0) is 0 Å². The van der Waals surface area contributed by atoms with Gasteiger partial charge >= 0.3 is 0 Å². The molecule has 0 aliphatic heterocycles. The molecule has 0 aliphatic carbocycles. The van der Waals surface area contributed by atoms with Gasteiger partial charge in [-0.15, -0.1) is 0 Å². The van der Waals surface area contributed by atoms with Crippen molar-refractivity contribution in [2.24, 2.45) is 0 Å². The molecule has 22 heavy (non-hydrogen) atoms. The van der Waals surface area contributed by atoms with Gasteiger partial charge in [0, 0.05) is 23.2 Å². The minimum absolute atomic E-state index is 0.118. The molecule has 0 spiro atoms. The molecule has 0 radical (unpaired) electrons. The van der Waals surface area contributed by atoms with Crippen molar-refractivity contribution in [3.05, 3.63) is 60.2 Å². The van der Waals surface area contributed by atoms with E-state index in [2.05, 4.69) is 15.5 Å². The zero-order valence-electron chi connectivity index (χ0n) is 12.1. The summed E-state index contributed by atoms with van der Waals surface area (Å²) in [5.74, 6) is 0.802. The molecule has 0 saturated carbocycles. The maximum atomic E-state index is 11.9. The third-order valence-corrected chi connectivity index (χ3v) is 3.17. The van der Waals surface area contributed by atoms with Gasteiger partial charge in [-0.3, -0.25) is 4.79 Å². The first-order valence-electron chi connectivity index (χ1n) is 7.05. The van der Waals surface area contributed by atoms with Gasteiger partial charge in [0.15, 0.2) is 0 Å². The summed E-state index contributed by atoms with van der Waals surface area (Å²) >= 11 is 0. The van der Waals surface area contributed by atoms with Gasteiger partial charge in [-0.05, 0) is 25.1 Å². The van der Waals surface area contributed by atoms with Crippen LogP contribution in [0, 0.1) is 0 Å². The fraction of sp³-hybridized carbons (Fsp3) is 0.118. The highest BCUT2D eigenvalue weighted by atomic mass is 16.5. The zero-order chi connectivity index (χ0) is 15.4. The summed E-state index contributed by atoms with van der Waals surface area (Å²) in [5, 5.41) is 6.75. The van der Waals surface area contributed by atoms with Crippen molar-refractivity contribution < 1.29 is 9.32 Å². The Hall–Kier alpha value is -2.95. The van der Waals surface area contributed by atoms with Crippen LogP contribution < -0.4 is 5.32 Å². The molecule has 3 rings (SSSR count). The second-order valence-electron chi connectivity index (χ2n) is 4.73. The lowest BCUT2D eigenvalue weighted by molar-refractivity contribution is 0.0956. The van der Waals surface area contributed by atoms with E-state index in [-0.39, 0.29) is 5.91 Å². The van der Waals surface area contributed by atoms with Crippen LogP contribution in [0.25, 0.3) is 22.8 Å². The van der Waals surface area contributed by atoms with Crippen LogP contribution in [0.4, 0.5) is 0 Å². The van der Waals surface area contributed by atoms with E-state index >= 15 is 0 Å². The normalized spacial score (nSPS) is 10.4. The molecular weight excluding hydrogens is 278 g/mol. The standard InChI is InChI=1S/C17H15N3O2/c1-2-18-16(21)13-9-6-10-14(11-13)17-19-15(20-22-17)12-7-4-3-5-8-12/h3-11H,2H2,1H3,(H,18,21). The third kappa shape index (κ3) is 2.88. The monoisotopic (exact) mass is 293 g/mol. The first-order valence-corrected chi connectivity index (χ1v) is 7.05. The molecule has 0 saturated heterocycles. The number of hydrogen-bond donors (Lipinski definition) is 1. The van der Waals surface area contributed by atoms with Gasteiger partial charge in [0.25, 0.3) is 11.8 Å². The predicted octanol–water partition coefficient (Wildman–Crippen LogP) is 3.15. The van der Waals surface area contributed by atoms with Crippen LogP contribution in [-0.4, -0.2) is 22.6 Å². The summed E-state index contributed by atoms with van der Waals surface area (Å²) in [4.78, 5) is 16.3. The first kappa shape index (κ1) is 14.0. The largest absolute Gasteiger partial charge is 0.352 e. The van der Waals surface area contributed by atoms with Crippen LogP contribution in [0.3, 0.4) is 0 Å². The topological polar surface area (TPSA) is 68.0 Å². The Bertz CT molecular complexity index is 781. The number of carbonyl (C=O) groups is 1. The van der Waals surface area contributed by atoms with Crippen LogP contribution in [0.5, 0.6) is 0 Å². The van der Waals surface area contributed by atoms with E-state index in [0.29, 0.717) is 23.8 Å². The second-order valence-corrected chi connectivity index (χ2v) is 4.73. The van der Waals surface area contributed by atoms with E-state index in [1.54, 1.807) is 18.2 Å². The minimum atomic E-state index is -0.118. The van der Waals surface area contributed by atoms with Gasteiger partial charge < -0.3 is 9.84 Å². The maximum absolute atomic E-state index is 11.9. The van der Waals surface area contributed by atoms with E-state index in [1.165, 1.54) is 0 Å². The Balaban J connectivity index is 1.91. The van der Waals surface area contributed by atoms with Crippen molar-refractivity contribution in [2.45, 2.75) is 6.92 Å². The summed E-state index contributed by atoms with van der Waals surface area (Å²) in [6, 6.07) is 16.7. The number of carbonyl (C=O) groups excluding carboxylic acids is 1. The fourth-order valence-electron chi connectivity index (χ4n) is 2.10. The summed E-state index contributed by atoms with van der Waals surface area (Å²) in [5.41, 5.74) is 2.18. The number of rotatable bonds is 4. The van der Waals surface area contributed by atoms with Crippen LogP contribution >= 0.6 is 0 Å². The van der Waals surface area contributed by atoms with Crippen molar-refractivity contribution in [1.82, 2.24) is 15.5 Å². The molecule has 1 N–H and O–H groups in total. The van der Waals surface area contributed by atoms with Crippen molar-refractivity contribution >= 4 is 5.91 Å². The molecule has 110 valence electrons. The van der Waals surface area contributed by atoms with Gasteiger partial charge in [-0.1, -0.05) is 41.6 Å². The van der Waals surface area contributed by atoms with E-state index in [0.717, 1.165) is 11.1 Å². The van der Waals surface area contributed by atoms with Gasteiger partial charge in [0.1, 0.15) is 0 Å². The molecule has 0 bridgehead atoms. The van der Waals surface area contributed by atoms with Crippen molar-refractivity contribution in [3.8, 4) is 22.8 Å². The Morgan fingerprint density at radius 1 is 1.09 bits per heavy atom. The van der Waals surface area contributed by atoms with Crippen molar-refractivity contribution in [3.63, 3.8) is 0 Å². The lowest BCUT2D eigenvalue weighted by Crippen LogP contribution is -2.22. The number of amides is 1. The van der Waals surface area contributed by atoms with Gasteiger partial charge in [-0.25, -0.2) is 0 Å². The average molecular weight is 293 g/mol. The highest BCUT2D eigenvalue weighted by Crippen LogP contribution is 2.22. The predicted molar refractivity (Wildman–Crippen MR) is 83.2 cm³/mol. The van der Waals surface area contributed by atoms with Crippen molar-refractivity contribution in [1.29, 1.82) is 0 Å². The van der Waals surface area contributed by atoms with E-state index in [9.17, 15) is 4.79 Å². The molecule has 0 aliphatic rings. The van der Waals surface area contributed by atoms with Crippen LogP contribution in [0.1, 0.15) is 17.3 Å². The van der Waals surface area contributed by atoms with Gasteiger partial charge in [0.2, 0.25) is 5.82 Å². The van der Waals surface area contributed by atoms with Crippen LogP contribution in [0.2, 0.25) is 0 Å². The summed E-state index contributed by atoms with van der Waals surface area (Å²) in [7, 11) is 0. The van der Waals surface area contributed by atoms with E-state index in [4.69, 9.17) is 4.52 Å². The number of hydrogen-bond acceptors (Lipinski definition) is 4. The summed E-state index contributed by atoms with van der Waals surface area (Å²) < 4.78 is 5.31. The number of aromatic nitrogens is 2. The lowest BCUT2D eigenvalue weighted by Gasteiger charge is -2.02. The molecule has 3 aromatic rings. The Morgan fingerprint density at radius 2 is 1.86 bits per heavy atom.